The molecule has 1 N–H and O–H groups in total. The van der Waals surface area contributed by atoms with E-state index in [9.17, 15) is 4.79 Å². The number of hydrogen-bond acceptors (Lipinski definition) is 2. The van der Waals surface area contributed by atoms with Crippen molar-refractivity contribution in [3.8, 4) is 0 Å². The van der Waals surface area contributed by atoms with Gasteiger partial charge in [0.25, 0.3) is 0 Å². The first kappa shape index (κ1) is 11.4. The second-order valence-electron chi connectivity index (χ2n) is 4.09. The Balaban J connectivity index is 3.37. The maximum atomic E-state index is 10.9. The van der Waals surface area contributed by atoms with Crippen molar-refractivity contribution in [2.45, 2.75) is 27.2 Å². The lowest BCUT2D eigenvalue weighted by Gasteiger charge is -2.17. The Morgan fingerprint density at radius 2 is 2.00 bits per heavy atom. The number of methoxy groups -OCH3 is 1. The van der Waals surface area contributed by atoms with Crippen LogP contribution in [0.1, 0.15) is 27.2 Å². The number of hydrogen-bond donors (Lipinski definition) is 1. The highest BCUT2D eigenvalue weighted by Crippen LogP contribution is 2.16. The molecule has 0 fully saturated rings. The Hall–Kier alpha value is -0.570. The van der Waals surface area contributed by atoms with Gasteiger partial charge in [-0.1, -0.05) is 20.8 Å². The van der Waals surface area contributed by atoms with Gasteiger partial charge in [0.15, 0.2) is 0 Å². The monoisotopic (exact) mass is 173 g/mol. The summed E-state index contributed by atoms with van der Waals surface area (Å²) in [6, 6.07) is 0. The van der Waals surface area contributed by atoms with Gasteiger partial charge >= 0.3 is 0 Å². The molecule has 0 aromatic carbocycles. The summed E-state index contributed by atoms with van der Waals surface area (Å²) in [4.78, 5) is 10.9. The molecule has 0 saturated heterocycles. The summed E-state index contributed by atoms with van der Waals surface area (Å²) in [6.45, 7) is 7.33. The number of rotatable bonds is 4. The van der Waals surface area contributed by atoms with Crippen LogP contribution in [-0.2, 0) is 9.53 Å². The van der Waals surface area contributed by atoms with Gasteiger partial charge < -0.3 is 10.1 Å². The molecule has 0 rings (SSSR count). The predicted molar refractivity (Wildman–Crippen MR) is 49.0 cm³/mol. The SMILES string of the molecule is COCC(=O)NCCC(C)(C)C. The van der Waals surface area contributed by atoms with E-state index in [0.717, 1.165) is 13.0 Å². The number of amides is 1. The smallest absolute Gasteiger partial charge is 0.245 e. The maximum absolute atomic E-state index is 10.9. The molecule has 0 aliphatic heterocycles. The molecule has 12 heavy (non-hydrogen) atoms. The van der Waals surface area contributed by atoms with Crippen molar-refractivity contribution in [3.05, 3.63) is 0 Å². The normalized spacial score (nSPS) is 11.3. The molecule has 0 saturated carbocycles. The Labute approximate surface area is 74.5 Å². The van der Waals surface area contributed by atoms with Crippen molar-refractivity contribution in [1.82, 2.24) is 5.32 Å². The molecule has 1 amide bonds. The molecule has 3 nitrogen and oxygen atoms in total. The topological polar surface area (TPSA) is 38.3 Å². The molecule has 0 aliphatic rings. The van der Waals surface area contributed by atoms with E-state index in [-0.39, 0.29) is 17.9 Å². The van der Waals surface area contributed by atoms with Crippen LogP contribution in [0.15, 0.2) is 0 Å². The van der Waals surface area contributed by atoms with Crippen LogP contribution in [0, 0.1) is 5.41 Å². The van der Waals surface area contributed by atoms with E-state index in [0.29, 0.717) is 0 Å². The lowest BCUT2D eigenvalue weighted by atomic mass is 9.92. The van der Waals surface area contributed by atoms with E-state index in [1.807, 2.05) is 0 Å². The van der Waals surface area contributed by atoms with Crippen molar-refractivity contribution in [1.29, 1.82) is 0 Å². The Kier molecular flexibility index (Phi) is 4.90. The fourth-order valence-corrected chi connectivity index (χ4v) is 0.759. The summed E-state index contributed by atoms with van der Waals surface area (Å²) >= 11 is 0. The van der Waals surface area contributed by atoms with Crippen LogP contribution in [0.5, 0.6) is 0 Å². The van der Waals surface area contributed by atoms with Crippen molar-refractivity contribution < 1.29 is 9.53 Å². The van der Waals surface area contributed by atoms with Crippen molar-refractivity contribution in [3.63, 3.8) is 0 Å². The molecule has 0 aromatic heterocycles. The van der Waals surface area contributed by atoms with E-state index in [1.54, 1.807) is 0 Å². The predicted octanol–water partition coefficient (Wildman–Crippen LogP) is 1.19. The molecule has 72 valence electrons. The quantitative estimate of drug-likeness (QED) is 0.693. The molecule has 0 radical (unpaired) electrons. The van der Waals surface area contributed by atoms with Gasteiger partial charge in [0, 0.05) is 13.7 Å². The van der Waals surface area contributed by atoms with E-state index in [2.05, 4.69) is 30.8 Å². The first-order valence-corrected chi connectivity index (χ1v) is 4.21. The van der Waals surface area contributed by atoms with Crippen LogP contribution >= 0.6 is 0 Å². The van der Waals surface area contributed by atoms with Gasteiger partial charge in [-0.05, 0) is 11.8 Å². The summed E-state index contributed by atoms with van der Waals surface area (Å²) in [5, 5.41) is 2.78. The summed E-state index contributed by atoms with van der Waals surface area (Å²) in [6.07, 6.45) is 0.989. The summed E-state index contributed by atoms with van der Waals surface area (Å²) in [7, 11) is 1.52. The molecular weight excluding hydrogens is 154 g/mol. The molecule has 0 spiro atoms. The molecule has 0 unspecified atom stereocenters. The molecule has 3 heteroatoms. The first-order valence-electron chi connectivity index (χ1n) is 4.21. The lowest BCUT2D eigenvalue weighted by molar-refractivity contribution is -0.124. The van der Waals surface area contributed by atoms with Crippen LogP contribution < -0.4 is 5.32 Å². The summed E-state index contributed by atoms with van der Waals surface area (Å²) in [5.74, 6) is -0.0400. The van der Waals surface area contributed by atoms with Gasteiger partial charge in [-0.3, -0.25) is 4.79 Å². The standard InChI is InChI=1S/C9H19NO2/c1-9(2,3)5-6-10-8(11)7-12-4/h5-7H2,1-4H3,(H,10,11). The highest BCUT2D eigenvalue weighted by atomic mass is 16.5. The highest BCUT2D eigenvalue weighted by Gasteiger charge is 2.09. The average molecular weight is 173 g/mol. The second kappa shape index (κ2) is 5.14. The Morgan fingerprint density at radius 1 is 1.42 bits per heavy atom. The summed E-state index contributed by atoms with van der Waals surface area (Å²) in [5.41, 5.74) is 0.278. The van der Waals surface area contributed by atoms with E-state index in [1.165, 1.54) is 7.11 Å². The number of carbonyl (C=O) groups is 1. The van der Waals surface area contributed by atoms with Crippen LogP contribution in [0.4, 0.5) is 0 Å². The maximum Gasteiger partial charge on any atom is 0.245 e. The number of carbonyl (C=O) groups excluding carboxylic acids is 1. The number of ether oxygens (including phenoxy) is 1. The molecule has 0 bridgehead atoms. The minimum Gasteiger partial charge on any atom is -0.375 e. The van der Waals surface area contributed by atoms with E-state index < -0.39 is 0 Å². The number of nitrogens with one attached hydrogen (secondary N) is 1. The van der Waals surface area contributed by atoms with Gasteiger partial charge in [-0.2, -0.15) is 0 Å². The third kappa shape index (κ3) is 7.54. The molecule has 0 aromatic rings. The Bertz CT molecular complexity index is 138. The minimum atomic E-state index is -0.0400. The third-order valence-electron chi connectivity index (χ3n) is 1.47. The zero-order valence-electron chi connectivity index (χ0n) is 8.44. The van der Waals surface area contributed by atoms with Gasteiger partial charge in [-0.15, -0.1) is 0 Å². The van der Waals surface area contributed by atoms with Crippen LogP contribution in [-0.4, -0.2) is 26.2 Å². The average Bonchev–Trinajstić information content (AvgIpc) is 1.84. The molecule has 0 aliphatic carbocycles. The van der Waals surface area contributed by atoms with Crippen LogP contribution in [0.25, 0.3) is 0 Å². The third-order valence-corrected chi connectivity index (χ3v) is 1.47. The van der Waals surface area contributed by atoms with Gasteiger partial charge in [0.1, 0.15) is 6.61 Å². The molecule has 0 heterocycles. The van der Waals surface area contributed by atoms with Crippen LogP contribution in [0.3, 0.4) is 0 Å². The zero-order chi connectivity index (χ0) is 9.61. The zero-order valence-corrected chi connectivity index (χ0v) is 8.44. The van der Waals surface area contributed by atoms with Crippen molar-refractivity contribution >= 4 is 5.91 Å². The largest absolute Gasteiger partial charge is 0.375 e. The van der Waals surface area contributed by atoms with Gasteiger partial charge in [0.05, 0.1) is 0 Å². The van der Waals surface area contributed by atoms with Gasteiger partial charge in [0.2, 0.25) is 5.91 Å². The fourth-order valence-electron chi connectivity index (χ4n) is 0.759. The minimum absolute atomic E-state index is 0.0400. The van der Waals surface area contributed by atoms with Crippen LogP contribution in [0.2, 0.25) is 0 Å². The van der Waals surface area contributed by atoms with Gasteiger partial charge in [-0.25, -0.2) is 0 Å². The summed E-state index contributed by atoms with van der Waals surface area (Å²) < 4.78 is 4.67. The second-order valence-corrected chi connectivity index (χ2v) is 4.09. The Morgan fingerprint density at radius 3 is 2.42 bits per heavy atom. The van der Waals surface area contributed by atoms with E-state index >= 15 is 0 Å². The van der Waals surface area contributed by atoms with Crippen molar-refractivity contribution in [2.24, 2.45) is 5.41 Å². The van der Waals surface area contributed by atoms with Crippen molar-refractivity contribution in [2.75, 3.05) is 20.3 Å². The fraction of sp³-hybridized carbons (Fsp3) is 0.889. The van der Waals surface area contributed by atoms with E-state index in [4.69, 9.17) is 0 Å². The first-order chi connectivity index (χ1) is 5.45. The lowest BCUT2D eigenvalue weighted by Crippen LogP contribution is -2.30. The molecular formula is C9H19NO2. The highest BCUT2D eigenvalue weighted by molar-refractivity contribution is 5.77. The molecule has 0 atom stereocenters.